The van der Waals surface area contributed by atoms with Gasteiger partial charge in [0.25, 0.3) is 11.6 Å². The molecule has 0 saturated carbocycles. The number of rotatable bonds is 5. The highest BCUT2D eigenvalue weighted by Crippen LogP contribution is 2.22. The molecule has 0 aromatic heterocycles. The monoisotopic (exact) mass is 294 g/mol. The van der Waals surface area contributed by atoms with Crippen molar-refractivity contribution in [1.29, 1.82) is 0 Å². The van der Waals surface area contributed by atoms with E-state index in [1.54, 1.807) is 14.0 Å². The summed E-state index contributed by atoms with van der Waals surface area (Å²) in [6, 6.07) is 4.35. The van der Waals surface area contributed by atoms with Crippen LogP contribution >= 0.6 is 0 Å². The number of esters is 1. The van der Waals surface area contributed by atoms with Crippen LogP contribution in [-0.2, 0) is 9.53 Å². The zero-order valence-corrected chi connectivity index (χ0v) is 12.5. The Morgan fingerprint density at radius 2 is 2.05 bits per heavy atom. The number of carbonyl (C=O) groups is 2. The van der Waals surface area contributed by atoms with Crippen LogP contribution in [0, 0.1) is 23.0 Å². The molecule has 1 amide bonds. The summed E-state index contributed by atoms with van der Waals surface area (Å²) in [4.78, 5) is 35.4. The van der Waals surface area contributed by atoms with E-state index in [1.807, 2.05) is 0 Å². The first-order valence-electron chi connectivity index (χ1n) is 6.36. The fourth-order valence-electron chi connectivity index (χ4n) is 2.03. The summed E-state index contributed by atoms with van der Waals surface area (Å²) in [5.74, 6) is -1.25. The van der Waals surface area contributed by atoms with Gasteiger partial charge in [0.15, 0.2) is 0 Å². The lowest BCUT2D eigenvalue weighted by atomic mass is 10.0. The van der Waals surface area contributed by atoms with E-state index in [0.717, 1.165) is 0 Å². The first-order chi connectivity index (χ1) is 9.79. The van der Waals surface area contributed by atoms with E-state index in [1.165, 1.54) is 37.1 Å². The number of nitrogens with zero attached hydrogens (tertiary/aromatic N) is 2. The second kappa shape index (κ2) is 6.83. The normalized spacial score (nSPS) is 11.6. The Hall–Kier alpha value is -2.44. The highest BCUT2D eigenvalue weighted by Gasteiger charge is 2.23. The quantitative estimate of drug-likeness (QED) is 0.469. The van der Waals surface area contributed by atoms with Crippen LogP contribution < -0.4 is 0 Å². The van der Waals surface area contributed by atoms with Crippen molar-refractivity contribution in [2.24, 2.45) is 5.92 Å². The average Bonchev–Trinajstić information content (AvgIpc) is 2.45. The predicted octanol–water partition coefficient (Wildman–Crippen LogP) is 1.78. The van der Waals surface area contributed by atoms with Crippen molar-refractivity contribution in [3.63, 3.8) is 0 Å². The maximum atomic E-state index is 12.3. The fraction of sp³-hybridized carbons (Fsp3) is 0.429. The number of carbonyl (C=O) groups excluding carboxylic acids is 2. The summed E-state index contributed by atoms with van der Waals surface area (Å²) < 4.78 is 4.61. The summed E-state index contributed by atoms with van der Waals surface area (Å²) in [6.45, 7) is 3.35. The maximum Gasteiger partial charge on any atom is 0.310 e. The maximum absolute atomic E-state index is 12.3. The third-order valence-electron chi connectivity index (χ3n) is 3.23. The van der Waals surface area contributed by atoms with Crippen molar-refractivity contribution < 1.29 is 19.2 Å². The van der Waals surface area contributed by atoms with Gasteiger partial charge in [0.2, 0.25) is 0 Å². The second-order valence-electron chi connectivity index (χ2n) is 4.82. The zero-order chi connectivity index (χ0) is 16.2. The van der Waals surface area contributed by atoms with Crippen LogP contribution in [0.15, 0.2) is 18.2 Å². The first-order valence-corrected chi connectivity index (χ1v) is 6.36. The topological polar surface area (TPSA) is 89.8 Å². The largest absolute Gasteiger partial charge is 0.469 e. The summed E-state index contributed by atoms with van der Waals surface area (Å²) in [6.07, 6.45) is 0. The SMILES string of the molecule is COC(=O)C(C)CN(C)C(=O)c1cccc([N+](=O)[O-])c1C. The van der Waals surface area contributed by atoms with Gasteiger partial charge in [-0.25, -0.2) is 0 Å². The van der Waals surface area contributed by atoms with E-state index >= 15 is 0 Å². The van der Waals surface area contributed by atoms with Crippen molar-refractivity contribution in [3.8, 4) is 0 Å². The molecule has 0 saturated heterocycles. The van der Waals surface area contributed by atoms with Crippen LogP contribution in [0.1, 0.15) is 22.8 Å². The van der Waals surface area contributed by atoms with Crippen molar-refractivity contribution in [2.45, 2.75) is 13.8 Å². The van der Waals surface area contributed by atoms with E-state index < -0.39 is 16.8 Å². The van der Waals surface area contributed by atoms with Gasteiger partial charge in [-0.15, -0.1) is 0 Å². The predicted molar refractivity (Wildman–Crippen MR) is 76.0 cm³/mol. The number of amides is 1. The van der Waals surface area contributed by atoms with Crippen molar-refractivity contribution in [2.75, 3.05) is 20.7 Å². The Morgan fingerprint density at radius 1 is 1.43 bits per heavy atom. The number of hydrogen-bond acceptors (Lipinski definition) is 5. The number of ether oxygens (including phenoxy) is 1. The summed E-state index contributed by atoms with van der Waals surface area (Å²) in [5.41, 5.74) is 0.462. The van der Waals surface area contributed by atoms with E-state index in [4.69, 9.17) is 0 Å². The molecule has 0 bridgehead atoms. The molecule has 1 atom stereocenters. The zero-order valence-electron chi connectivity index (χ0n) is 12.5. The van der Waals surface area contributed by atoms with Crippen LogP contribution in [0.25, 0.3) is 0 Å². The molecule has 0 radical (unpaired) electrons. The molecular formula is C14H18N2O5. The van der Waals surface area contributed by atoms with Gasteiger partial charge >= 0.3 is 5.97 Å². The summed E-state index contributed by atoms with van der Waals surface area (Å²) in [7, 11) is 2.82. The molecule has 0 heterocycles. The third-order valence-corrected chi connectivity index (χ3v) is 3.23. The van der Waals surface area contributed by atoms with Crippen molar-refractivity contribution in [3.05, 3.63) is 39.4 Å². The van der Waals surface area contributed by atoms with Crippen LogP contribution in [0.3, 0.4) is 0 Å². The minimum absolute atomic E-state index is 0.102. The molecule has 1 unspecified atom stereocenters. The van der Waals surface area contributed by atoms with E-state index in [9.17, 15) is 19.7 Å². The molecule has 0 fully saturated rings. The van der Waals surface area contributed by atoms with Crippen LogP contribution in [0.2, 0.25) is 0 Å². The Balaban J connectivity index is 2.96. The molecule has 1 aromatic rings. The van der Waals surface area contributed by atoms with Crippen LogP contribution in [-0.4, -0.2) is 42.4 Å². The number of nitro benzene ring substituents is 1. The lowest BCUT2D eigenvalue weighted by Crippen LogP contribution is -2.34. The fourth-order valence-corrected chi connectivity index (χ4v) is 2.03. The second-order valence-corrected chi connectivity index (χ2v) is 4.82. The Morgan fingerprint density at radius 3 is 2.57 bits per heavy atom. The van der Waals surface area contributed by atoms with Gasteiger partial charge < -0.3 is 9.64 Å². The standard InChI is InChI=1S/C14H18N2O5/c1-9(14(18)21-4)8-15(3)13(17)11-6-5-7-12(10(11)2)16(19)20/h5-7,9H,8H2,1-4H3. The minimum Gasteiger partial charge on any atom is -0.469 e. The Kier molecular flexibility index (Phi) is 5.40. The molecule has 0 aliphatic rings. The van der Waals surface area contributed by atoms with E-state index in [0.29, 0.717) is 5.56 Å². The highest BCUT2D eigenvalue weighted by atomic mass is 16.6. The lowest BCUT2D eigenvalue weighted by molar-refractivity contribution is -0.385. The molecule has 21 heavy (non-hydrogen) atoms. The summed E-state index contributed by atoms with van der Waals surface area (Å²) in [5, 5.41) is 10.9. The van der Waals surface area contributed by atoms with E-state index in [-0.39, 0.29) is 23.7 Å². The first kappa shape index (κ1) is 16.6. The molecule has 0 aliphatic carbocycles. The lowest BCUT2D eigenvalue weighted by Gasteiger charge is -2.21. The molecule has 0 aliphatic heterocycles. The molecular weight excluding hydrogens is 276 g/mol. The van der Waals surface area contributed by atoms with Gasteiger partial charge in [-0.1, -0.05) is 13.0 Å². The molecule has 0 N–H and O–H groups in total. The Bertz CT molecular complexity index is 570. The van der Waals surface area contributed by atoms with Gasteiger partial charge in [0, 0.05) is 30.8 Å². The summed E-state index contributed by atoms with van der Waals surface area (Å²) >= 11 is 0. The van der Waals surface area contributed by atoms with Gasteiger partial charge in [0.1, 0.15) is 0 Å². The van der Waals surface area contributed by atoms with Gasteiger partial charge in [0.05, 0.1) is 18.0 Å². The number of nitro groups is 1. The number of hydrogen-bond donors (Lipinski definition) is 0. The van der Waals surface area contributed by atoms with Gasteiger partial charge in [-0.05, 0) is 13.0 Å². The number of methoxy groups -OCH3 is 1. The molecule has 0 spiro atoms. The van der Waals surface area contributed by atoms with Gasteiger partial charge in [-0.3, -0.25) is 19.7 Å². The number of benzene rings is 1. The smallest absolute Gasteiger partial charge is 0.310 e. The minimum atomic E-state index is -0.525. The average molecular weight is 294 g/mol. The van der Waals surface area contributed by atoms with Crippen molar-refractivity contribution >= 4 is 17.6 Å². The molecule has 1 aromatic carbocycles. The van der Waals surface area contributed by atoms with Crippen molar-refractivity contribution in [1.82, 2.24) is 4.90 Å². The Labute approximate surface area is 122 Å². The van der Waals surface area contributed by atoms with Crippen LogP contribution in [0.4, 0.5) is 5.69 Å². The molecule has 114 valence electrons. The van der Waals surface area contributed by atoms with Gasteiger partial charge in [-0.2, -0.15) is 0 Å². The highest BCUT2D eigenvalue weighted by molar-refractivity contribution is 5.96. The molecule has 7 heteroatoms. The molecule has 1 rings (SSSR count). The van der Waals surface area contributed by atoms with E-state index in [2.05, 4.69) is 4.74 Å². The van der Waals surface area contributed by atoms with Crippen LogP contribution in [0.5, 0.6) is 0 Å². The molecule has 7 nitrogen and oxygen atoms in total. The third kappa shape index (κ3) is 3.77.